The van der Waals surface area contributed by atoms with Gasteiger partial charge in [-0.25, -0.2) is 9.97 Å². The van der Waals surface area contributed by atoms with Crippen molar-refractivity contribution in [1.29, 1.82) is 5.41 Å². The molecule has 33 heavy (non-hydrogen) atoms. The summed E-state index contributed by atoms with van der Waals surface area (Å²) in [6.07, 6.45) is 13.5. The number of para-hydroxylation sites is 1. The van der Waals surface area contributed by atoms with Crippen molar-refractivity contribution in [3.63, 3.8) is 0 Å². The molecule has 2 aromatic rings. The molecule has 1 aliphatic heterocycles. The van der Waals surface area contributed by atoms with Crippen molar-refractivity contribution in [2.24, 2.45) is 5.92 Å². The molecule has 1 unspecified atom stereocenters. The van der Waals surface area contributed by atoms with E-state index in [1.54, 1.807) is 12.2 Å². The zero-order chi connectivity index (χ0) is 23.0. The summed E-state index contributed by atoms with van der Waals surface area (Å²) in [5, 5.41) is 10.7. The van der Waals surface area contributed by atoms with Gasteiger partial charge in [0, 0.05) is 48.5 Å². The number of piperidine rings is 1. The van der Waals surface area contributed by atoms with Crippen LogP contribution in [0.5, 0.6) is 0 Å². The minimum atomic E-state index is 0.0933. The van der Waals surface area contributed by atoms with Crippen LogP contribution in [0.3, 0.4) is 0 Å². The van der Waals surface area contributed by atoms with Crippen molar-refractivity contribution < 1.29 is 4.79 Å². The van der Waals surface area contributed by atoms with Gasteiger partial charge < -0.3 is 15.6 Å². The highest BCUT2D eigenvalue weighted by atomic mass is 16.2. The summed E-state index contributed by atoms with van der Waals surface area (Å²) in [6, 6.07) is 11.8. The molecule has 2 aliphatic rings. The van der Waals surface area contributed by atoms with Gasteiger partial charge in [-0.1, -0.05) is 49.4 Å². The van der Waals surface area contributed by atoms with Crippen LogP contribution in [-0.4, -0.2) is 40.1 Å². The van der Waals surface area contributed by atoms with E-state index in [2.05, 4.69) is 11.9 Å². The Labute approximate surface area is 195 Å². The van der Waals surface area contributed by atoms with Crippen LogP contribution in [-0.2, 0) is 4.79 Å². The van der Waals surface area contributed by atoms with Crippen LogP contribution in [0.1, 0.15) is 49.5 Å². The number of allylic oxidation sites excluding steroid dienone is 5. The molecule has 2 heterocycles. The number of likely N-dealkylation sites (tertiary alicyclic amines) is 1. The normalized spacial score (nSPS) is 19.2. The molecule has 2 fully saturated rings. The van der Waals surface area contributed by atoms with E-state index in [1.807, 2.05) is 53.5 Å². The minimum Gasteiger partial charge on any atom is -0.342 e. The number of amides is 1. The highest BCUT2D eigenvalue weighted by Gasteiger charge is 2.33. The fraction of sp³-hybridized carbons (Fsp3) is 0.333. The summed E-state index contributed by atoms with van der Waals surface area (Å²) < 4.78 is 0. The van der Waals surface area contributed by atoms with Crippen LogP contribution in [0.2, 0.25) is 0 Å². The van der Waals surface area contributed by atoms with Crippen LogP contribution >= 0.6 is 0 Å². The standard InChI is InChI=1S/C27H31N5O/c1-2-9-20(12-7-16-28)24-18-25(29-23-14-4-3-5-15-23)31-26(30-24)22-13-8-17-32(19-22)27(33)21-10-6-11-21/h2-5,7,9,12,14-16,18,21-22,28H,1,6,8,10-11,13,17,19H2,(H,29,30,31)/b12-7-,20-9+,28-16?. The second kappa shape index (κ2) is 10.9. The second-order valence-electron chi connectivity index (χ2n) is 8.62. The monoisotopic (exact) mass is 441 g/mol. The summed E-state index contributed by atoms with van der Waals surface area (Å²) in [5.74, 6) is 2.05. The molecule has 1 amide bonds. The highest BCUT2D eigenvalue weighted by Crippen LogP contribution is 2.33. The Hall–Kier alpha value is -3.54. The van der Waals surface area contributed by atoms with Crippen molar-refractivity contribution in [2.45, 2.75) is 38.0 Å². The SMILES string of the molecule is C=C/C=C(\C=C/C=N)c1cc(Nc2ccccc2)nc(C2CCCN(C(=O)C3CCC3)C2)n1. The Kier molecular flexibility index (Phi) is 7.45. The van der Waals surface area contributed by atoms with E-state index in [9.17, 15) is 4.79 Å². The number of hydrogen-bond acceptors (Lipinski definition) is 5. The van der Waals surface area contributed by atoms with Gasteiger partial charge in [-0.15, -0.1) is 0 Å². The van der Waals surface area contributed by atoms with Gasteiger partial charge in [0.1, 0.15) is 11.6 Å². The molecule has 1 saturated heterocycles. The van der Waals surface area contributed by atoms with Crippen LogP contribution in [0.15, 0.2) is 67.3 Å². The van der Waals surface area contributed by atoms with Crippen LogP contribution in [0.4, 0.5) is 11.5 Å². The molecule has 1 aromatic carbocycles. The van der Waals surface area contributed by atoms with E-state index in [0.29, 0.717) is 18.3 Å². The molecule has 170 valence electrons. The molecule has 2 N–H and O–H groups in total. The van der Waals surface area contributed by atoms with E-state index in [4.69, 9.17) is 15.4 Å². The smallest absolute Gasteiger partial charge is 0.225 e. The van der Waals surface area contributed by atoms with Gasteiger partial charge in [0.25, 0.3) is 0 Å². The first kappa shape index (κ1) is 22.6. The lowest BCUT2D eigenvalue weighted by molar-refractivity contribution is -0.139. The average Bonchev–Trinajstić information content (AvgIpc) is 2.81. The van der Waals surface area contributed by atoms with Crippen LogP contribution in [0.25, 0.3) is 5.57 Å². The third-order valence-corrected chi connectivity index (χ3v) is 6.31. The van der Waals surface area contributed by atoms with Gasteiger partial charge in [-0.2, -0.15) is 0 Å². The van der Waals surface area contributed by atoms with Gasteiger partial charge in [0.05, 0.1) is 5.69 Å². The zero-order valence-corrected chi connectivity index (χ0v) is 18.9. The Morgan fingerprint density at radius 2 is 1.97 bits per heavy atom. The molecule has 6 nitrogen and oxygen atoms in total. The van der Waals surface area contributed by atoms with Crippen molar-refractivity contribution in [1.82, 2.24) is 14.9 Å². The summed E-state index contributed by atoms with van der Waals surface area (Å²) in [6.45, 7) is 5.32. The number of carbonyl (C=O) groups is 1. The quantitative estimate of drug-likeness (QED) is 0.418. The van der Waals surface area contributed by atoms with Gasteiger partial charge in [0.15, 0.2) is 0 Å². The lowest BCUT2D eigenvalue weighted by Crippen LogP contribution is -2.44. The maximum atomic E-state index is 12.9. The molecule has 1 aromatic heterocycles. The molecule has 1 atom stereocenters. The van der Waals surface area contributed by atoms with Gasteiger partial charge in [-0.3, -0.25) is 4.79 Å². The number of nitrogens with zero attached hydrogens (tertiary/aromatic N) is 3. The summed E-state index contributed by atoms with van der Waals surface area (Å²) >= 11 is 0. The van der Waals surface area contributed by atoms with E-state index in [1.165, 1.54) is 6.21 Å². The average molecular weight is 442 g/mol. The summed E-state index contributed by atoms with van der Waals surface area (Å²) in [7, 11) is 0. The number of benzene rings is 1. The molecule has 0 bridgehead atoms. The zero-order valence-electron chi connectivity index (χ0n) is 18.9. The van der Waals surface area contributed by atoms with E-state index in [-0.39, 0.29) is 11.8 Å². The number of anilines is 2. The van der Waals surface area contributed by atoms with E-state index in [0.717, 1.165) is 61.4 Å². The predicted molar refractivity (Wildman–Crippen MR) is 134 cm³/mol. The largest absolute Gasteiger partial charge is 0.342 e. The number of nitrogens with one attached hydrogen (secondary N) is 2. The maximum Gasteiger partial charge on any atom is 0.225 e. The van der Waals surface area contributed by atoms with Crippen molar-refractivity contribution in [3.8, 4) is 0 Å². The van der Waals surface area contributed by atoms with E-state index >= 15 is 0 Å². The van der Waals surface area contributed by atoms with Gasteiger partial charge in [-0.05, 0) is 43.9 Å². The lowest BCUT2D eigenvalue weighted by atomic mass is 9.83. The van der Waals surface area contributed by atoms with Crippen LogP contribution in [0, 0.1) is 11.3 Å². The maximum absolute atomic E-state index is 12.9. The molecular weight excluding hydrogens is 410 g/mol. The molecule has 6 heteroatoms. The van der Waals surface area contributed by atoms with E-state index < -0.39 is 0 Å². The number of aromatic nitrogens is 2. The lowest BCUT2D eigenvalue weighted by Gasteiger charge is -2.36. The molecule has 0 radical (unpaired) electrons. The fourth-order valence-electron chi connectivity index (χ4n) is 4.34. The molecular formula is C27H31N5O. The predicted octanol–water partition coefficient (Wildman–Crippen LogP) is 5.50. The Morgan fingerprint density at radius 1 is 1.15 bits per heavy atom. The summed E-state index contributed by atoms with van der Waals surface area (Å²) in [5.41, 5.74) is 2.56. The number of rotatable bonds is 8. The Bertz CT molecular complexity index is 1060. The minimum absolute atomic E-state index is 0.0933. The fourth-order valence-corrected chi connectivity index (χ4v) is 4.34. The number of hydrogen-bond donors (Lipinski definition) is 2. The second-order valence-corrected chi connectivity index (χ2v) is 8.62. The highest BCUT2D eigenvalue weighted by molar-refractivity contribution is 5.81. The molecule has 4 rings (SSSR count). The number of carbonyl (C=O) groups excluding carboxylic acids is 1. The van der Waals surface area contributed by atoms with Crippen molar-refractivity contribution >= 4 is 29.2 Å². The van der Waals surface area contributed by atoms with Crippen LogP contribution < -0.4 is 5.32 Å². The van der Waals surface area contributed by atoms with Crippen molar-refractivity contribution in [2.75, 3.05) is 18.4 Å². The molecule has 0 spiro atoms. The Balaban J connectivity index is 1.66. The molecule has 1 aliphatic carbocycles. The van der Waals surface area contributed by atoms with Crippen molar-refractivity contribution in [3.05, 3.63) is 78.8 Å². The molecule has 1 saturated carbocycles. The third-order valence-electron chi connectivity index (χ3n) is 6.31. The third kappa shape index (κ3) is 5.64. The first-order valence-electron chi connectivity index (χ1n) is 11.7. The Morgan fingerprint density at radius 3 is 2.67 bits per heavy atom. The first-order chi connectivity index (χ1) is 16.2. The van der Waals surface area contributed by atoms with Gasteiger partial charge >= 0.3 is 0 Å². The summed E-state index contributed by atoms with van der Waals surface area (Å²) in [4.78, 5) is 24.7. The van der Waals surface area contributed by atoms with Gasteiger partial charge in [0.2, 0.25) is 5.91 Å². The first-order valence-corrected chi connectivity index (χ1v) is 11.7. The topological polar surface area (TPSA) is 82.0 Å².